The largest absolute Gasteiger partial charge is 0.417 e. The highest BCUT2D eigenvalue weighted by Crippen LogP contribution is 2.39. The first-order valence-electron chi connectivity index (χ1n) is 5.45. The van der Waals surface area contributed by atoms with Crippen molar-refractivity contribution >= 4 is 26.9 Å². The van der Waals surface area contributed by atoms with E-state index >= 15 is 0 Å². The van der Waals surface area contributed by atoms with Gasteiger partial charge in [0.25, 0.3) is 0 Å². The molecule has 0 spiro atoms. The standard InChI is InChI=1S/C12H11F3N2OS2/c1-20(2,18)17-11-5-3-4-10(16-11)8-6-19-7-9(8)12(13,14)15/h3-7H,1-2H3. The number of halogens is 3. The lowest BCUT2D eigenvalue weighted by Crippen LogP contribution is -2.05. The summed E-state index contributed by atoms with van der Waals surface area (Å²) >= 11 is 0.960. The SMILES string of the molecule is CS(C)(=O)=Nc1cccc(-c2cscc2C(F)(F)F)n1. The first-order chi connectivity index (χ1) is 9.17. The van der Waals surface area contributed by atoms with Gasteiger partial charge in [0.1, 0.15) is 0 Å². The Morgan fingerprint density at radius 3 is 2.55 bits per heavy atom. The van der Waals surface area contributed by atoms with Crippen molar-refractivity contribution in [1.29, 1.82) is 0 Å². The number of rotatable bonds is 2. The summed E-state index contributed by atoms with van der Waals surface area (Å²) in [6.07, 6.45) is -1.55. The van der Waals surface area contributed by atoms with Gasteiger partial charge in [0.15, 0.2) is 5.82 Å². The van der Waals surface area contributed by atoms with Gasteiger partial charge in [0, 0.05) is 38.6 Å². The molecule has 0 N–H and O–H groups in total. The maximum absolute atomic E-state index is 12.8. The summed E-state index contributed by atoms with van der Waals surface area (Å²) in [6, 6.07) is 4.53. The van der Waals surface area contributed by atoms with Crippen LogP contribution in [0, 0.1) is 0 Å². The van der Waals surface area contributed by atoms with Crippen molar-refractivity contribution in [3.63, 3.8) is 0 Å². The number of hydrogen-bond donors (Lipinski definition) is 0. The van der Waals surface area contributed by atoms with Gasteiger partial charge in [-0.2, -0.15) is 28.9 Å². The Labute approximate surface area is 118 Å². The molecule has 0 aliphatic heterocycles. The van der Waals surface area contributed by atoms with Crippen molar-refractivity contribution < 1.29 is 17.4 Å². The minimum Gasteiger partial charge on any atom is -0.250 e. The van der Waals surface area contributed by atoms with Gasteiger partial charge in [-0.25, -0.2) is 9.19 Å². The van der Waals surface area contributed by atoms with E-state index in [9.17, 15) is 17.4 Å². The molecule has 0 saturated heterocycles. The monoisotopic (exact) mass is 320 g/mol. The summed E-state index contributed by atoms with van der Waals surface area (Å²) in [4.78, 5) is 4.04. The minimum atomic E-state index is -4.42. The van der Waals surface area contributed by atoms with Crippen LogP contribution < -0.4 is 0 Å². The zero-order valence-electron chi connectivity index (χ0n) is 10.6. The van der Waals surface area contributed by atoms with Gasteiger partial charge in [-0.1, -0.05) is 6.07 Å². The molecule has 108 valence electrons. The fourth-order valence-electron chi connectivity index (χ4n) is 1.56. The molecule has 0 aromatic carbocycles. The Balaban J connectivity index is 2.53. The second-order valence-corrected chi connectivity index (χ2v) is 7.64. The van der Waals surface area contributed by atoms with E-state index in [1.54, 1.807) is 6.07 Å². The van der Waals surface area contributed by atoms with E-state index in [-0.39, 0.29) is 17.1 Å². The second-order valence-electron chi connectivity index (χ2n) is 4.35. The molecular formula is C12H11F3N2OS2. The fourth-order valence-corrected chi connectivity index (χ4v) is 2.96. The summed E-state index contributed by atoms with van der Waals surface area (Å²) < 4.78 is 54.0. The molecule has 0 bridgehead atoms. The van der Waals surface area contributed by atoms with E-state index in [0.717, 1.165) is 16.7 Å². The quantitative estimate of drug-likeness (QED) is 0.832. The normalized spacial score (nSPS) is 12.4. The highest BCUT2D eigenvalue weighted by molar-refractivity contribution is 7.92. The number of nitrogens with zero attached hydrogens (tertiary/aromatic N) is 2. The van der Waals surface area contributed by atoms with Crippen LogP contribution in [0.3, 0.4) is 0 Å². The van der Waals surface area contributed by atoms with E-state index in [1.807, 2.05) is 0 Å². The molecule has 2 aromatic heterocycles. The smallest absolute Gasteiger partial charge is 0.250 e. The molecule has 0 aliphatic carbocycles. The molecule has 0 aliphatic rings. The zero-order chi connectivity index (χ0) is 15.0. The molecule has 2 aromatic rings. The van der Waals surface area contributed by atoms with Gasteiger partial charge in [0.05, 0.1) is 11.3 Å². The fraction of sp³-hybridized carbons (Fsp3) is 0.250. The number of pyridine rings is 1. The topological polar surface area (TPSA) is 42.3 Å². The molecule has 0 atom stereocenters. The molecule has 0 unspecified atom stereocenters. The van der Waals surface area contributed by atoms with Crippen LogP contribution in [-0.4, -0.2) is 21.7 Å². The summed E-state index contributed by atoms with van der Waals surface area (Å²) in [7, 11) is -2.41. The summed E-state index contributed by atoms with van der Waals surface area (Å²) in [5.41, 5.74) is -0.539. The lowest BCUT2D eigenvalue weighted by molar-refractivity contribution is -0.136. The second kappa shape index (κ2) is 5.17. The van der Waals surface area contributed by atoms with Crippen molar-refractivity contribution in [1.82, 2.24) is 4.98 Å². The number of alkyl halides is 3. The van der Waals surface area contributed by atoms with Crippen LogP contribution in [0.2, 0.25) is 0 Å². The van der Waals surface area contributed by atoms with Crippen molar-refractivity contribution in [2.75, 3.05) is 12.5 Å². The maximum Gasteiger partial charge on any atom is 0.417 e. The van der Waals surface area contributed by atoms with E-state index in [0.29, 0.717) is 0 Å². The molecular weight excluding hydrogens is 309 g/mol. The summed E-state index contributed by atoms with van der Waals surface area (Å²) in [5, 5.41) is 2.44. The summed E-state index contributed by atoms with van der Waals surface area (Å²) in [5.74, 6) is 0.164. The van der Waals surface area contributed by atoms with E-state index in [2.05, 4.69) is 9.35 Å². The highest BCUT2D eigenvalue weighted by Gasteiger charge is 2.34. The average molecular weight is 320 g/mol. The van der Waals surface area contributed by atoms with Crippen molar-refractivity contribution in [2.45, 2.75) is 6.18 Å². The van der Waals surface area contributed by atoms with Crippen LogP contribution in [0.15, 0.2) is 33.3 Å². The average Bonchev–Trinajstić information content (AvgIpc) is 2.75. The Kier molecular flexibility index (Phi) is 3.88. The van der Waals surface area contributed by atoms with Crippen molar-refractivity contribution in [3.8, 4) is 11.3 Å². The minimum absolute atomic E-state index is 0.0123. The Morgan fingerprint density at radius 1 is 1.25 bits per heavy atom. The molecule has 0 amide bonds. The van der Waals surface area contributed by atoms with Gasteiger partial charge in [-0.3, -0.25) is 0 Å². The van der Waals surface area contributed by atoms with Crippen LogP contribution in [0.4, 0.5) is 19.0 Å². The van der Waals surface area contributed by atoms with E-state index < -0.39 is 21.5 Å². The van der Waals surface area contributed by atoms with Crippen LogP contribution in [0.25, 0.3) is 11.3 Å². The third-order valence-corrected chi connectivity index (χ3v) is 3.66. The Bertz CT molecular complexity index is 735. The molecule has 0 radical (unpaired) electrons. The maximum atomic E-state index is 12.8. The first-order valence-corrected chi connectivity index (χ1v) is 8.72. The highest BCUT2D eigenvalue weighted by atomic mass is 32.2. The van der Waals surface area contributed by atoms with Crippen LogP contribution in [0.5, 0.6) is 0 Å². The molecule has 2 heterocycles. The van der Waals surface area contributed by atoms with Gasteiger partial charge < -0.3 is 0 Å². The van der Waals surface area contributed by atoms with Gasteiger partial charge in [-0.15, -0.1) is 0 Å². The van der Waals surface area contributed by atoms with Crippen molar-refractivity contribution in [2.24, 2.45) is 4.36 Å². The van der Waals surface area contributed by atoms with Gasteiger partial charge >= 0.3 is 6.18 Å². The lowest BCUT2D eigenvalue weighted by atomic mass is 10.1. The molecule has 3 nitrogen and oxygen atoms in total. The Morgan fingerprint density at radius 2 is 1.95 bits per heavy atom. The van der Waals surface area contributed by atoms with Crippen molar-refractivity contribution in [3.05, 3.63) is 34.5 Å². The van der Waals surface area contributed by atoms with Gasteiger partial charge in [-0.05, 0) is 12.1 Å². The third-order valence-electron chi connectivity index (χ3n) is 2.29. The predicted molar refractivity (Wildman–Crippen MR) is 74.6 cm³/mol. The number of aromatic nitrogens is 1. The molecule has 8 heteroatoms. The van der Waals surface area contributed by atoms with E-state index in [4.69, 9.17) is 0 Å². The van der Waals surface area contributed by atoms with Crippen LogP contribution in [-0.2, 0) is 15.9 Å². The molecule has 0 fully saturated rings. The predicted octanol–water partition coefficient (Wildman–Crippen LogP) is 4.19. The number of hydrogen-bond acceptors (Lipinski definition) is 4. The lowest BCUT2D eigenvalue weighted by Gasteiger charge is -2.08. The van der Waals surface area contributed by atoms with Gasteiger partial charge in [0.2, 0.25) is 0 Å². The molecule has 20 heavy (non-hydrogen) atoms. The molecule has 0 saturated carbocycles. The van der Waals surface area contributed by atoms with E-state index in [1.165, 1.54) is 30.0 Å². The molecule has 2 rings (SSSR count). The zero-order valence-corrected chi connectivity index (χ0v) is 12.3. The summed E-state index contributed by atoms with van der Waals surface area (Å²) in [6.45, 7) is 0. The first kappa shape index (κ1) is 15.0. The van der Waals surface area contributed by atoms with Crippen LogP contribution >= 0.6 is 11.3 Å². The number of thiophene rings is 1. The third kappa shape index (κ3) is 3.57. The van der Waals surface area contributed by atoms with Crippen LogP contribution in [0.1, 0.15) is 5.56 Å². The Hall–Kier alpha value is -1.41.